The molecular weight excluding hydrogens is 489 g/mol. The smallest absolute Gasteiger partial charge is 0.191 e. The summed E-state index contributed by atoms with van der Waals surface area (Å²) in [5.41, 5.74) is 2.23. The number of aromatic nitrogens is 1. The normalized spacial score (nSPS) is 15.2. The van der Waals surface area contributed by atoms with Gasteiger partial charge in [0.25, 0.3) is 0 Å². The second-order valence-corrected chi connectivity index (χ2v) is 7.15. The minimum Gasteiger partial charge on any atom is -0.489 e. The Morgan fingerprint density at radius 3 is 2.70 bits per heavy atom. The van der Waals surface area contributed by atoms with Gasteiger partial charge in [-0.05, 0) is 31.0 Å². The fourth-order valence-electron chi connectivity index (χ4n) is 3.46. The molecule has 0 atom stereocenters. The molecule has 1 aromatic carbocycles. The molecule has 30 heavy (non-hydrogen) atoms. The van der Waals surface area contributed by atoms with Gasteiger partial charge in [0.1, 0.15) is 12.4 Å². The highest BCUT2D eigenvalue weighted by molar-refractivity contribution is 14.0. The number of hydrogen-bond donors (Lipinski definition) is 2. The highest BCUT2D eigenvalue weighted by Gasteiger charge is 2.20. The molecule has 0 aliphatic carbocycles. The summed E-state index contributed by atoms with van der Waals surface area (Å²) in [6.07, 6.45) is 5.80. The van der Waals surface area contributed by atoms with Crippen molar-refractivity contribution >= 4 is 29.9 Å². The number of aliphatic imine (C=N–C) groups is 1. The standard InChI is InChI=1S/C23H31N5O.HI/c1-3-16-29-22-10-5-4-8-19(22)17-26-23(24-2)27-20-11-14-28(15-12-20)18-21-9-6-7-13-25-21;/h3-10,13,20H,1,11-12,14-18H2,2H3,(H2,24,26,27);1H. The molecule has 0 bridgehead atoms. The lowest BCUT2D eigenvalue weighted by Crippen LogP contribution is -2.48. The van der Waals surface area contributed by atoms with Crippen LogP contribution in [-0.4, -0.2) is 48.6 Å². The van der Waals surface area contributed by atoms with Crippen molar-refractivity contribution in [1.82, 2.24) is 20.5 Å². The van der Waals surface area contributed by atoms with Gasteiger partial charge in [0.05, 0.1) is 5.69 Å². The van der Waals surface area contributed by atoms with Crippen LogP contribution in [0.2, 0.25) is 0 Å². The van der Waals surface area contributed by atoms with E-state index in [0.29, 0.717) is 19.2 Å². The number of benzene rings is 1. The van der Waals surface area contributed by atoms with Gasteiger partial charge in [-0.15, -0.1) is 24.0 Å². The molecule has 6 nitrogen and oxygen atoms in total. The third kappa shape index (κ3) is 7.60. The molecule has 1 aliphatic rings. The lowest BCUT2D eigenvalue weighted by molar-refractivity contribution is 0.196. The van der Waals surface area contributed by atoms with Gasteiger partial charge in [-0.25, -0.2) is 0 Å². The highest BCUT2D eigenvalue weighted by atomic mass is 127. The minimum atomic E-state index is 0. The fraction of sp³-hybridized carbons (Fsp3) is 0.391. The van der Waals surface area contributed by atoms with Gasteiger partial charge in [0.2, 0.25) is 0 Å². The molecule has 0 saturated carbocycles. The molecule has 1 fully saturated rings. The van der Waals surface area contributed by atoms with E-state index in [1.165, 1.54) is 0 Å². The summed E-state index contributed by atoms with van der Waals surface area (Å²) in [4.78, 5) is 11.3. The molecule has 1 saturated heterocycles. The molecule has 162 valence electrons. The summed E-state index contributed by atoms with van der Waals surface area (Å²) in [6.45, 7) is 7.91. The van der Waals surface area contributed by atoms with Crippen molar-refractivity contribution in [3.63, 3.8) is 0 Å². The summed E-state index contributed by atoms with van der Waals surface area (Å²) in [5, 5.41) is 6.97. The largest absolute Gasteiger partial charge is 0.489 e. The van der Waals surface area contributed by atoms with Gasteiger partial charge in [0.15, 0.2) is 5.96 Å². The number of nitrogens with one attached hydrogen (secondary N) is 2. The van der Waals surface area contributed by atoms with Crippen LogP contribution in [0.3, 0.4) is 0 Å². The van der Waals surface area contributed by atoms with Gasteiger partial charge >= 0.3 is 0 Å². The fourth-order valence-corrected chi connectivity index (χ4v) is 3.46. The number of likely N-dealkylation sites (tertiary alicyclic amines) is 1. The van der Waals surface area contributed by atoms with Gasteiger partial charge < -0.3 is 15.4 Å². The number of rotatable bonds is 8. The Kier molecular flexibility index (Phi) is 10.6. The number of halogens is 1. The summed E-state index contributed by atoms with van der Waals surface area (Å²) in [5.74, 6) is 1.70. The number of nitrogens with zero attached hydrogens (tertiary/aromatic N) is 3. The number of piperidine rings is 1. The number of hydrogen-bond acceptors (Lipinski definition) is 4. The van der Waals surface area contributed by atoms with Gasteiger partial charge in [0, 0.05) is 51.0 Å². The highest BCUT2D eigenvalue weighted by Crippen LogP contribution is 2.18. The topological polar surface area (TPSA) is 61.8 Å². The SMILES string of the molecule is C=CCOc1ccccc1CNC(=NC)NC1CCN(Cc2ccccn2)CC1.I. The van der Waals surface area contributed by atoms with Crippen LogP contribution < -0.4 is 15.4 Å². The van der Waals surface area contributed by atoms with Crippen LogP contribution in [-0.2, 0) is 13.1 Å². The van der Waals surface area contributed by atoms with Gasteiger partial charge in [-0.1, -0.05) is 36.9 Å². The van der Waals surface area contributed by atoms with E-state index in [2.05, 4.69) is 44.2 Å². The van der Waals surface area contributed by atoms with E-state index in [1.54, 1.807) is 6.08 Å². The van der Waals surface area contributed by atoms with Gasteiger partial charge in [-0.2, -0.15) is 0 Å². The molecule has 0 radical (unpaired) electrons. The van der Waals surface area contributed by atoms with E-state index in [9.17, 15) is 0 Å². The maximum Gasteiger partial charge on any atom is 0.191 e. The maximum absolute atomic E-state index is 5.73. The first-order valence-corrected chi connectivity index (χ1v) is 10.2. The average molecular weight is 521 g/mol. The molecule has 2 aromatic rings. The van der Waals surface area contributed by atoms with Crippen LogP contribution in [0.5, 0.6) is 5.75 Å². The van der Waals surface area contributed by atoms with Crippen LogP contribution in [0.15, 0.2) is 66.3 Å². The van der Waals surface area contributed by atoms with Crippen LogP contribution >= 0.6 is 24.0 Å². The van der Waals surface area contributed by atoms with Crippen molar-refractivity contribution < 1.29 is 4.74 Å². The van der Waals surface area contributed by atoms with E-state index >= 15 is 0 Å². The predicted octanol–water partition coefficient (Wildman–Crippen LogP) is 3.59. The predicted molar refractivity (Wildman–Crippen MR) is 133 cm³/mol. The number of ether oxygens (including phenoxy) is 1. The Balaban J connectivity index is 0.00000320. The Bertz CT molecular complexity index is 791. The van der Waals surface area contributed by atoms with Crippen molar-refractivity contribution in [2.75, 3.05) is 26.7 Å². The first-order chi connectivity index (χ1) is 14.3. The molecule has 0 spiro atoms. The Labute approximate surface area is 196 Å². The molecule has 2 N–H and O–H groups in total. The summed E-state index contributed by atoms with van der Waals surface area (Å²) < 4.78 is 5.73. The lowest BCUT2D eigenvalue weighted by Gasteiger charge is -2.32. The number of para-hydroxylation sites is 1. The molecule has 1 aromatic heterocycles. The molecule has 0 amide bonds. The lowest BCUT2D eigenvalue weighted by atomic mass is 10.0. The average Bonchev–Trinajstić information content (AvgIpc) is 2.77. The van der Waals surface area contributed by atoms with Crippen molar-refractivity contribution in [3.8, 4) is 5.75 Å². The Morgan fingerprint density at radius 2 is 2.00 bits per heavy atom. The minimum absolute atomic E-state index is 0. The van der Waals surface area contributed by atoms with E-state index in [0.717, 1.165) is 55.4 Å². The molecule has 0 unspecified atom stereocenters. The van der Waals surface area contributed by atoms with Crippen LogP contribution in [0.1, 0.15) is 24.1 Å². The van der Waals surface area contributed by atoms with E-state index in [4.69, 9.17) is 4.74 Å². The van der Waals surface area contributed by atoms with E-state index in [1.807, 2.05) is 43.6 Å². The van der Waals surface area contributed by atoms with Crippen molar-refractivity contribution in [2.24, 2.45) is 4.99 Å². The zero-order valence-electron chi connectivity index (χ0n) is 17.6. The molecule has 2 heterocycles. The molecule has 7 heteroatoms. The van der Waals surface area contributed by atoms with Crippen LogP contribution in [0.4, 0.5) is 0 Å². The zero-order chi connectivity index (χ0) is 20.3. The first-order valence-electron chi connectivity index (χ1n) is 10.2. The molecule has 3 rings (SSSR count). The van der Waals surface area contributed by atoms with Crippen molar-refractivity contribution in [3.05, 3.63) is 72.6 Å². The Morgan fingerprint density at radius 1 is 1.23 bits per heavy atom. The van der Waals surface area contributed by atoms with E-state index < -0.39 is 0 Å². The van der Waals surface area contributed by atoms with Crippen LogP contribution in [0, 0.1) is 0 Å². The molecular formula is C23H32IN5O. The first kappa shape index (κ1) is 24.1. The monoisotopic (exact) mass is 521 g/mol. The second kappa shape index (κ2) is 13.2. The van der Waals surface area contributed by atoms with E-state index in [-0.39, 0.29) is 24.0 Å². The third-order valence-electron chi connectivity index (χ3n) is 5.04. The zero-order valence-corrected chi connectivity index (χ0v) is 19.9. The van der Waals surface area contributed by atoms with Crippen LogP contribution in [0.25, 0.3) is 0 Å². The summed E-state index contributed by atoms with van der Waals surface area (Å²) in [6, 6.07) is 14.6. The van der Waals surface area contributed by atoms with Crippen molar-refractivity contribution in [2.45, 2.75) is 32.0 Å². The maximum atomic E-state index is 5.73. The number of guanidine groups is 1. The third-order valence-corrected chi connectivity index (χ3v) is 5.04. The number of pyridine rings is 1. The summed E-state index contributed by atoms with van der Waals surface area (Å²) in [7, 11) is 1.81. The van der Waals surface area contributed by atoms with Gasteiger partial charge in [-0.3, -0.25) is 14.9 Å². The van der Waals surface area contributed by atoms with Crippen molar-refractivity contribution in [1.29, 1.82) is 0 Å². The molecule has 1 aliphatic heterocycles. The second-order valence-electron chi connectivity index (χ2n) is 7.15. The Hall–Kier alpha value is -2.13. The quantitative estimate of drug-likeness (QED) is 0.241. The summed E-state index contributed by atoms with van der Waals surface area (Å²) >= 11 is 0.